The van der Waals surface area contributed by atoms with E-state index in [0.717, 1.165) is 5.76 Å². The van der Waals surface area contributed by atoms with Crippen LogP contribution in [0.3, 0.4) is 0 Å². The number of alkyl halides is 1. The van der Waals surface area contributed by atoms with E-state index in [1.165, 1.54) is 4.90 Å². The summed E-state index contributed by atoms with van der Waals surface area (Å²) < 4.78 is 18.5. The van der Waals surface area contributed by atoms with E-state index in [1.807, 2.05) is 25.1 Å². The molecule has 1 fully saturated rings. The number of hydrogen-bond acceptors (Lipinski definition) is 4. The highest BCUT2D eigenvalue weighted by Crippen LogP contribution is 2.19. The van der Waals surface area contributed by atoms with Gasteiger partial charge in [-0.25, -0.2) is 4.39 Å². The molecule has 2 heterocycles. The minimum absolute atomic E-state index is 0.0192. The number of hydrogen-bond donors (Lipinski definition) is 1. The number of rotatable bonds is 5. The van der Waals surface area contributed by atoms with Crippen molar-refractivity contribution in [1.82, 2.24) is 10.2 Å². The number of likely N-dealkylation sites (tertiary alicyclic amines) is 1. The smallest absolute Gasteiger partial charge is 0.237 e. The highest BCUT2D eigenvalue weighted by Gasteiger charge is 2.35. The van der Waals surface area contributed by atoms with Gasteiger partial charge in [-0.05, 0) is 19.1 Å². The predicted octanol–water partition coefficient (Wildman–Crippen LogP) is 1.26. The number of nitriles is 1. The summed E-state index contributed by atoms with van der Waals surface area (Å²) in [5, 5.41) is 12.0. The van der Waals surface area contributed by atoms with Crippen LogP contribution in [-0.2, 0) is 11.2 Å². The SMILES string of the molecule is C[C@@H](Cc1ccco1)NCC(=O)N1C[C@@H](F)C[C@H]1C#N. The van der Waals surface area contributed by atoms with Crippen LogP contribution in [-0.4, -0.2) is 42.2 Å². The van der Waals surface area contributed by atoms with Gasteiger partial charge in [0, 0.05) is 18.9 Å². The van der Waals surface area contributed by atoms with Crippen molar-refractivity contribution in [2.75, 3.05) is 13.1 Å². The first-order valence-corrected chi connectivity index (χ1v) is 6.69. The lowest BCUT2D eigenvalue weighted by atomic mass is 10.2. The van der Waals surface area contributed by atoms with E-state index in [0.29, 0.717) is 6.42 Å². The van der Waals surface area contributed by atoms with Gasteiger partial charge in [-0.3, -0.25) is 4.79 Å². The van der Waals surface area contributed by atoms with Crippen LogP contribution in [0.25, 0.3) is 0 Å². The Hall–Kier alpha value is -1.87. The van der Waals surface area contributed by atoms with Crippen LogP contribution in [0.4, 0.5) is 4.39 Å². The fourth-order valence-corrected chi connectivity index (χ4v) is 2.35. The van der Waals surface area contributed by atoms with Gasteiger partial charge in [0.2, 0.25) is 5.91 Å². The molecule has 5 nitrogen and oxygen atoms in total. The second kappa shape index (κ2) is 6.53. The van der Waals surface area contributed by atoms with Crippen molar-refractivity contribution >= 4 is 5.91 Å². The van der Waals surface area contributed by atoms with Gasteiger partial charge < -0.3 is 14.6 Å². The van der Waals surface area contributed by atoms with Crippen molar-refractivity contribution < 1.29 is 13.6 Å². The van der Waals surface area contributed by atoms with E-state index >= 15 is 0 Å². The molecule has 0 unspecified atom stereocenters. The van der Waals surface area contributed by atoms with E-state index in [4.69, 9.17) is 9.68 Å². The van der Waals surface area contributed by atoms with Gasteiger partial charge in [0.25, 0.3) is 0 Å². The van der Waals surface area contributed by atoms with Crippen molar-refractivity contribution in [3.8, 4) is 6.07 Å². The Balaban J connectivity index is 1.78. The van der Waals surface area contributed by atoms with Crippen molar-refractivity contribution in [2.24, 2.45) is 0 Å². The molecule has 0 aromatic carbocycles. The minimum atomic E-state index is -1.09. The van der Waals surface area contributed by atoms with Crippen LogP contribution in [0, 0.1) is 11.3 Å². The molecule has 1 aliphatic heterocycles. The third kappa shape index (κ3) is 3.58. The Kier molecular flexibility index (Phi) is 4.74. The van der Waals surface area contributed by atoms with Gasteiger partial charge in [0.1, 0.15) is 18.0 Å². The van der Waals surface area contributed by atoms with Gasteiger partial charge in [-0.2, -0.15) is 5.26 Å². The lowest BCUT2D eigenvalue weighted by Gasteiger charge is -2.20. The monoisotopic (exact) mass is 279 g/mol. The van der Waals surface area contributed by atoms with Crippen LogP contribution < -0.4 is 5.32 Å². The zero-order chi connectivity index (χ0) is 14.5. The van der Waals surface area contributed by atoms with E-state index in [1.54, 1.807) is 6.26 Å². The maximum Gasteiger partial charge on any atom is 0.237 e. The summed E-state index contributed by atoms with van der Waals surface area (Å²) in [6, 6.07) is 5.09. The zero-order valence-electron chi connectivity index (χ0n) is 11.4. The molecule has 0 spiro atoms. The summed E-state index contributed by atoms with van der Waals surface area (Å²) in [5.74, 6) is 0.611. The molecule has 0 saturated carbocycles. The van der Waals surface area contributed by atoms with E-state index in [9.17, 15) is 9.18 Å². The maximum atomic E-state index is 13.2. The summed E-state index contributed by atoms with van der Waals surface area (Å²) in [7, 11) is 0. The largest absolute Gasteiger partial charge is 0.469 e. The minimum Gasteiger partial charge on any atom is -0.469 e. The van der Waals surface area contributed by atoms with Crippen LogP contribution >= 0.6 is 0 Å². The van der Waals surface area contributed by atoms with Gasteiger partial charge in [-0.15, -0.1) is 0 Å². The van der Waals surface area contributed by atoms with E-state index in [-0.39, 0.29) is 31.5 Å². The Labute approximate surface area is 117 Å². The average molecular weight is 279 g/mol. The van der Waals surface area contributed by atoms with E-state index in [2.05, 4.69) is 5.32 Å². The molecule has 0 aliphatic carbocycles. The highest BCUT2D eigenvalue weighted by atomic mass is 19.1. The van der Waals surface area contributed by atoms with Crippen molar-refractivity contribution in [3.63, 3.8) is 0 Å². The number of nitrogens with zero attached hydrogens (tertiary/aromatic N) is 2. The van der Waals surface area contributed by atoms with Gasteiger partial charge in [0.15, 0.2) is 0 Å². The molecule has 1 N–H and O–H groups in total. The quantitative estimate of drug-likeness (QED) is 0.881. The van der Waals surface area contributed by atoms with Crippen LogP contribution in [0.2, 0.25) is 0 Å². The Morgan fingerprint density at radius 2 is 2.55 bits per heavy atom. The lowest BCUT2D eigenvalue weighted by molar-refractivity contribution is -0.130. The third-order valence-corrected chi connectivity index (χ3v) is 3.41. The predicted molar refractivity (Wildman–Crippen MR) is 70.5 cm³/mol. The molecule has 1 aromatic heterocycles. The number of nitrogens with one attached hydrogen (secondary N) is 1. The summed E-state index contributed by atoms with van der Waals surface area (Å²) in [6.45, 7) is 2.07. The normalized spacial score (nSPS) is 23.6. The summed E-state index contributed by atoms with van der Waals surface area (Å²) >= 11 is 0. The molecule has 20 heavy (non-hydrogen) atoms. The average Bonchev–Trinajstić information content (AvgIpc) is 3.05. The fourth-order valence-electron chi connectivity index (χ4n) is 2.35. The zero-order valence-corrected chi connectivity index (χ0v) is 11.4. The Morgan fingerprint density at radius 1 is 1.75 bits per heavy atom. The highest BCUT2D eigenvalue weighted by molar-refractivity contribution is 5.79. The number of carbonyl (C=O) groups is 1. The van der Waals surface area contributed by atoms with E-state index < -0.39 is 12.2 Å². The molecule has 3 atom stereocenters. The van der Waals surface area contributed by atoms with Gasteiger partial charge >= 0.3 is 0 Å². The summed E-state index contributed by atoms with van der Waals surface area (Å²) in [4.78, 5) is 13.3. The molecule has 1 amide bonds. The summed E-state index contributed by atoms with van der Waals surface area (Å²) in [5.41, 5.74) is 0. The molecule has 0 bridgehead atoms. The van der Waals surface area contributed by atoms with Crippen LogP contribution in [0.5, 0.6) is 0 Å². The van der Waals surface area contributed by atoms with Crippen molar-refractivity contribution in [2.45, 2.75) is 38.0 Å². The molecule has 1 aromatic rings. The third-order valence-electron chi connectivity index (χ3n) is 3.41. The topological polar surface area (TPSA) is 69.3 Å². The van der Waals surface area contributed by atoms with Crippen molar-refractivity contribution in [1.29, 1.82) is 5.26 Å². The lowest BCUT2D eigenvalue weighted by Crippen LogP contribution is -2.43. The second-order valence-corrected chi connectivity index (χ2v) is 5.09. The molecule has 1 aliphatic rings. The number of carbonyl (C=O) groups excluding carboxylic acids is 1. The van der Waals surface area contributed by atoms with Gasteiger partial charge in [0.05, 0.1) is 25.4 Å². The molecular formula is C14H18FN3O2. The molecule has 2 rings (SSSR count). The fraction of sp³-hybridized carbons (Fsp3) is 0.571. The van der Waals surface area contributed by atoms with Crippen molar-refractivity contribution in [3.05, 3.63) is 24.2 Å². The number of amides is 1. The first-order chi connectivity index (χ1) is 9.60. The standard InChI is InChI=1S/C14H18FN3O2/c1-10(5-13-3-2-4-20-13)17-8-14(19)18-9-11(15)6-12(18)7-16/h2-4,10-12,17H,5-6,8-9H2,1H3/t10-,11-,12-/m0/s1. The molecule has 6 heteroatoms. The molecular weight excluding hydrogens is 261 g/mol. The molecule has 1 saturated heterocycles. The Bertz CT molecular complexity index is 483. The number of halogens is 1. The summed E-state index contributed by atoms with van der Waals surface area (Å²) in [6.07, 6.45) is 1.30. The van der Waals surface area contributed by atoms with Crippen LogP contribution in [0.1, 0.15) is 19.1 Å². The molecule has 108 valence electrons. The second-order valence-electron chi connectivity index (χ2n) is 5.09. The van der Waals surface area contributed by atoms with Gasteiger partial charge in [-0.1, -0.05) is 0 Å². The molecule has 0 radical (unpaired) electrons. The first kappa shape index (κ1) is 14.5. The van der Waals surface area contributed by atoms with Crippen LogP contribution in [0.15, 0.2) is 22.8 Å². The maximum absolute atomic E-state index is 13.2. The number of furan rings is 1. The first-order valence-electron chi connectivity index (χ1n) is 6.69. The Morgan fingerprint density at radius 3 is 3.20 bits per heavy atom.